The first-order valence-electron chi connectivity index (χ1n) is 7.23. The van der Waals surface area contributed by atoms with Crippen molar-refractivity contribution < 1.29 is 14.5 Å². The number of carbonyl (C=O) groups excluding carboxylic acids is 1. The average Bonchev–Trinajstić information content (AvgIpc) is 2.47. The molecule has 1 aromatic carbocycles. The first kappa shape index (κ1) is 17.9. The van der Waals surface area contributed by atoms with Gasteiger partial charge in [0, 0.05) is 12.1 Å². The lowest BCUT2D eigenvalue weighted by atomic mass is 10.1. The molecule has 0 radical (unpaired) electrons. The molecule has 0 heterocycles. The molecule has 0 bridgehead atoms. The molecule has 0 aliphatic carbocycles. The number of ether oxygens (including phenoxy) is 1. The zero-order chi connectivity index (χ0) is 16.9. The molecule has 1 rings (SSSR count). The van der Waals surface area contributed by atoms with Crippen LogP contribution in [0.25, 0.3) is 0 Å². The minimum absolute atomic E-state index is 0.126. The number of non-ortho nitro benzene ring substituents is 1. The van der Waals surface area contributed by atoms with Crippen molar-refractivity contribution in [2.24, 2.45) is 0 Å². The summed E-state index contributed by atoms with van der Waals surface area (Å²) in [5.41, 5.74) is 0.601. The van der Waals surface area contributed by atoms with Gasteiger partial charge in [-0.05, 0) is 32.5 Å². The van der Waals surface area contributed by atoms with Crippen LogP contribution in [-0.2, 0) is 0 Å². The number of nitro benzene ring substituents is 1. The van der Waals surface area contributed by atoms with Crippen LogP contribution in [0.5, 0.6) is 5.75 Å². The number of amides is 1. The smallest absolute Gasteiger partial charge is 0.270 e. The van der Waals surface area contributed by atoms with Crippen molar-refractivity contribution >= 4 is 11.6 Å². The Labute approximate surface area is 130 Å². The van der Waals surface area contributed by atoms with Crippen LogP contribution >= 0.6 is 0 Å². The summed E-state index contributed by atoms with van der Waals surface area (Å²) in [6, 6.07) is 2.64. The highest BCUT2D eigenvalue weighted by atomic mass is 16.6. The van der Waals surface area contributed by atoms with Crippen molar-refractivity contribution in [3.05, 3.63) is 33.4 Å². The quantitative estimate of drug-likeness (QED) is 0.475. The molecule has 0 saturated heterocycles. The van der Waals surface area contributed by atoms with Crippen LogP contribution in [0.15, 0.2) is 12.1 Å². The molecule has 122 valence electrons. The molecular weight excluding hydrogens is 286 g/mol. The molecule has 1 unspecified atom stereocenters. The molecular formula is C15H23N3O4. The normalized spacial score (nSPS) is 12.1. The lowest BCUT2D eigenvalue weighted by Gasteiger charge is -2.27. The van der Waals surface area contributed by atoms with Crippen LogP contribution in [0.2, 0.25) is 0 Å². The van der Waals surface area contributed by atoms with E-state index >= 15 is 0 Å². The van der Waals surface area contributed by atoms with Gasteiger partial charge in [-0.25, -0.2) is 0 Å². The fourth-order valence-corrected chi connectivity index (χ4v) is 2.43. The van der Waals surface area contributed by atoms with Crippen LogP contribution in [0.3, 0.4) is 0 Å². The first-order chi connectivity index (χ1) is 10.3. The van der Waals surface area contributed by atoms with Crippen molar-refractivity contribution in [2.45, 2.75) is 33.9 Å². The Morgan fingerprint density at radius 3 is 2.45 bits per heavy atom. The van der Waals surface area contributed by atoms with Gasteiger partial charge in [-0.2, -0.15) is 0 Å². The predicted molar refractivity (Wildman–Crippen MR) is 84.2 cm³/mol. The van der Waals surface area contributed by atoms with Gasteiger partial charge in [0.15, 0.2) is 0 Å². The Morgan fingerprint density at radius 2 is 2.00 bits per heavy atom. The van der Waals surface area contributed by atoms with E-state index in [1.807, 2.05) is 20.8 Å². The molecule has 0 aromatic heterocycles. The van der Waals surface area contributed by atoms with E-state index in [0.717, 1.165) is 13.1 Å². The number of methoxy groups -OCH3 is 1. The molecule has 1 N–H and O–H groups in total. The number of nitrogens with zero attached hydrogens (tertiary/aromatic N) is 2. The zero-order valence-corrected chi connectivity index (χ0v) is 13.7. The van der Waals surface area contributed by atoms with E-state index < -0.39 is 4.92 Å². The second-order valence-electron chi connectivity index (χ2n) is 4.97. The Hall–Kier alpha value is -2.15. The fraction of sp³-hybridized carbons (Fsp3) is 0.533. The predicted octanol–water partition coefficient (Wildman–Crippen LogP) is 2.33. The van der Waals surface area contributed by atoms with Crippen LogP contribution < -0.4 is 10.1 Å². The number of aryl methyl sites for hydroxylation is 1. The summed E-state index contributed by atoms with van der Waals surface area (Å²) < 4.78 is 5.23. The number of carbonyl (C=O) groups is 1. The second-order valence-corrected chi connectivity index (χ2v) is 4.97. The Morgan fingerprint density at radius 1 is 1.41 bits per heavy atom. The van der Waals surface area contributed by atoms with E-state index in [1.165, 1.54) is 19.2 Å². The van der Waals surface area contributed by atoms with Gasteiger partial charge in [-0.1, -0.05) is 13.8 Å². The molecule has 0 aliphatic heterocycles. The highest BCUT2D eigenvalue weighted by molar-refractivity contribution is 5.98. The molecule has 1 aromatic rings. The van der Waals surface area contributed by atoms with E-state index in [-0.39, 0.29) is 23.3 Å². The van der Waals surface area contributed by atoms with Crippen molar-refractivity contribution in [3.63, 3.8) is 0 Å². The maximum absolute atomic E-state index is 12.5. The van der Waals surface area contributed by atoms with Gasteiger partial charge in [-0.15, -0.1) is 0 Å². The van der Waals surface area contributed by atoms with Crippen LogP contribution in [0.4, 0.5) is 5.69 Å². The second kappa shape index (κ2) is 7.74. The van der Waals surface area contributed by atoms with Gasteiger partial charge in [0.05, 0.1) is 23.8 Å². The number of hydrogen-bond donors (Lipinski definition) is 1. The molecule has 7 heteroatoms. The minimum atomic E-state index is -0.517. The Balaban J connectivity index is 3.13. The molecule has 0 aliphatic rings. The number of nitrogens with one attached hydrogen (secondary N) is 1. The summed E-state index contributed by atoms with van der Waals surface area (Å²) in [6.07, 6.45) is -0.174. The van der Waals surface area contributed by atoms with Crippen LogP contribution in [-0.4, -0.2) is 42.1 Å². The van der Waals surface area contributed by atoms with Crippen molar-refractivity contribution in [1.82, 2.24) is 10.2 Å². The Bertz CT molecular complexity index is 556. The highest BCUT2D eigenvalue weighted by Gasteiger charge is 2.22. The minimum Gasteiger partial charge on any atom is -0.496 e. The summed E-state index contributed by atoms with van der Waals surface area (Å²) in [7, 11) is 1.44. The summed E-state index contributed by atoms with van der Waals surface area (Å²) in [5, 5.41) is 13.8. The fourth-order valence-electron chi connectivity index (χ4n) is 2.43. The monoisotopic (exact) mass is 309 g/mol. The standard InChI is InChI=1S/C15H23N3O4/c1-6-17(7-2)11(4)16-15(19)13-9-12(18(20)21)8-10(3)14(13)22-5/h8-9,11H,6-7H2,1-5H3,(H,16,19). The maximum Gasteiger partial charge on any atom is 0.270 e. The number of nitro groups is 1. The molecule has 22 heavy (non-hydrogen) atoms. The van der Waals surface area contributed by atoms with Gasteiger partial charge in [-0.3, -0.25) is 19.8 Å². The molecule has 1 amide bonds. The third-order valence-electron chi connectivity index (χ3n) is 3.62. The zero-order valence-electron chi connectivity index (χ0n) is 13.7. The van der Waals surface area contributed by atoms with Gasteiger partial charge in [0.25, 0.3) is 11.6 Å². The summed E-state index contributed by atoms with van der Waals surface area (Å²) in [4.78, 5) is 25.0. The van der Waals surface area contributed by atoms with E-state index in [0.29, 0.717) is 11.3 Å². The number of benzene rings is 1. The maximum atomic E-state index is 12.5. The first-order valence-corrected chi connectivity index (χ1v) is 7.23. The van der Waals surface area contributed by atoms with E-state index in [4.69, 9.17) is 4.74 Å². The number of rotatable bonds is 7. The topological polar surface area (TPSA) is 84.7 Å². The largest absolute Gasteiger partial charge is 0.496 e. The average molecular weight is 309 g/mol. The summed E-state index contributed by atoms with van der Waals surface area (Å²) in [5.74, 6) is -0.0297. The van der Waals surface area contributed by atoms with E-state index in [2.05, 4.69) is 10.2 Å². The van der Waals surface area contributed by atoms with Gasteiger partial charge >= 0.3 is 0 Å². The molecule has 0 spiro atoms. The van der Waals surface area contributed by atoms with Crippen molar-refractivity contribution in [2.75, 3.05) is 20.2 Å². The molecule has 7 nitrogen and oxygen atoms in total. The van der Waals surface area contributed by atoms with Crippen LogP contribution in [0.1, 0.15) is 36.7 Å². The molecule has 0 saturated carbocycles. The van der Waals surface area contributed by atoms with Gasteiger partial charge in [0.2, 0.25) is 0 Å². The third kappa shape index (κ3) is 3.94. The van der Waals surface area contributed by atoms with Crippen molar-refractivity contribution in [3.8, 4) is 5.75 Å². The van der Waals surface area contributed by atoms with Crippen LogP contribution in [0, 0.1) is 17.0 Å². The van der Waals surface area contributed by atoms with E-state index in [9.17, 15) is 14.9 Å². The third-order valence-corrected chi connectivity index (χ3v) is 3.62. The summed E-state index contributed by atoms with van der Waals surface area (Å²) in [6.45, 7) is 9.15. The molecule has 0 fully saturated rings. The lowest BCUT2D eigenvalue weighted by molar-refractivity contribution is -0.384. The molecule has 1 atom stereocenters. The lowest BCUT2D eigenvalue weighted by Crippen LogP contribution is -2.46. The highest BCUT2D eigenvalue weighted by Crippen LogP contribution is 2.28. The summed E-state index contributed by atoms with van der Waals surface area (Å²) >= 11 is 0. The van der Waals surface area contributed by atoms with E-state index in [1.54, 1.807) is 6.92 Å². The van der Waals surface area contributed by atoms with Gasteiger partial charge in [0.1, 0.15) is 5.75 Å². The number of hydrogen-bond acceptors (Lipinski definition) is 5. The van der Waals surface area contributed by atoms with Gasteiger partial charge < -0.3 is 10.1 Å². The van der Waals surface area contributed by atoms with Crippen molar-refractivity contribution in [1.29, 1.82) is 0 Å². The Kier molecular flexibility index (Phi) is 6.30. The SMILES string of the molecule is CCN(CC)C(C)NC(=O)c1cc([N+](=O)[O-])cc(C)c1OC.